The van der Waals surface area contributed by atoms with Crippen LogP contribution in [0.25, 0.3) is 0 Å². The lowest BCUT2D eigenvalue weighted by atomic mass is 10.1. The SMILES string of the molecule is CNc1nc(Cc2cccc(Br)c2)nc(C(C)C)c1Br. The highest BCUT2D eigenvalue weighted by atomic mass is 79.9. The first kappa shape index (κ1) is 15.4. The smallest absolute Gasteiger partial charge is 0.144 e. The van der Waals surface area contributed by atoms with Crippen molar-refractivity contribution in [1.29, 1.82) is 0 Å². The zero-order chi connectivity index (χ0) is 14.7. The number of rotatable bonds is 4. The van der Waals surface area contributed by atoms with Crippen molar-refractivity contribution >= 4 is 37.7 Å². The lowest BCUT2D eigenvalue weighted by Gasteiger charge is -2.13. The fourth-order valence-corrected chi connectivity index (χ4v) is 3.25. The standard InChI is InChI=1S/C15H17Br2N3/c1-9(2)14-13(17)15(18-3)20-12(19-14)8-10-5-4-6-11(16)7-10/h4-7,9H,8H2,1-3H3,(H,18,19,20). The molecule has 1 heterocycles. The highest BCUT2D eigenvalue weighted by Gasteiger charge is 2.14. The van der Waals surface area contributed by atoms with Crippen LogP contribution in [0.2, 0.25) is 0 Å². The van der Waals surface area contributed by atoms with E-state index in [0.717, 1.165) is 32.7 Å². The third-order valence-corrected chi connectivity index (χ3v) is 4.23. The number of halogens is 2. The summed E-state index contributed by atoms with van der Waals surface area (Å²) in [6, 6.07) is 8.23. The zero-order valence-electron chi connectivity index (χ0n) is 11.7. The highest BCUT2D eigenvalue weighted by molar-refractivity contribution is 9.11. The lowest BCUT2D eigenvalue weighted by Crippen LogP contribution is -2.07. The summed E-state index contributed by atoms with van der Waals surface area (Å²) in [5.41, 5.74) is 2.23. The first-order valence-electron chi connectivity index (χ1n) is 6.49. The topological polar surface area (TPSA) is 37.8 Å². The van der Waals surface area contributed by atoms with E-state index >= 15 is 0 Å². The average Bonchev–Trinajstić information content (AvgIpc) is 2.40. The summed E-state index contributed by atoms with van der Waals surface area (Å²) in [5.74, 6) is 2.02. The van der Waals surface area contributed by atoms with E-state index in [0.29, 0.717) is 5.92 Å². The summed E-state index contributed by atoms with van der Waals surface area (Å²) in [4.78, 5) is 9.27. The predicted octanol–water partition coefficient (Wildman–Crippen LogP) is 4.76. The fourth-order valence-electron chi connectivity index (χ4n) is 1.97. The van der Waals surface area contributed by atoms with Crippen LogP contribution in [0.15, 0.2) is 33.2 Å². The molecule has 3 nitrogen and oxygen atoms in total. The highest BCUT2D eigenvalue weighted by Crippen LogP contribution is 2.29. The molecule has 0 saturated carbocycles. The van der Waals surface area contributed by atoms with Gasteiger partial charge in [-0.2, -0.15) is 0 Å². The summed E-state index contributed by atoms with van der Waals surface area (Å²) >= 11 is 7.07. The van der Waals surface area contributed by atoms with E-state index in [2.05, 4.69) is 68.1 Å². The zero-order valence-corrected chi connectivity index (χ0v) is 14.9. The molecular weight excluding hydrogens is 382 g/mol. The number of benzene rings is 1. The van der Waals surface area contributed by atoms with Crippen molar-refractivity contribution in [3.63, 3.8) is 0 Å². The molecule has 1 aromatic carbocycles. The van der Waals surface area contributed by atoms with Crippen molar-refractivity contribution in [1.82, 2.24) is 9.97 Å². The van der Waals surface area contributed by atoms with Crippen LogP contribution < -0.4 is 5.32 Å². The number of aromatic nitrogens is 2. The Bertz CT molecular complexity index is 612. The predicted molar refractivity (Wildman–Crippen MR) is 90.3 cm³/mol. The normalized spacial score (nSPS) is 10.9. The molecule has 0 aliphatic rings. The second-order valence-corrected chi connectivity index (χ2v) is 6.61. The minimum Gasteiger partial charge on any atom is -0.372 e. The van der Waals surface area contributed by atoms with Crippen molar-refractivity contribution in [3.05, 3.63) is 50.3 Å². The molecule has 0 radical (unpaired) electrons. The molecule has 0 spiro atoms. The summed E-state index contributed by atoms with van der Waals surface area (Å²) < 4.78 is 2.03. The van der Waals surface area contributed by atoms with Crippen LogP contribution >= 0.6 is 31.9 Å². The van der Waals surface area contributed by atoms with Crippen LogP contribution in [0, 0.1) is 0 Å². The molecule has 0 amide bonds. The number of nitrogens with one attached hydrogen (secondary N) is 1. The molecule has 2 aromatic rings. The molecule has 1 aromatic heterocycles. The van der Waals surface area contributed by atoms with E-state index in [9.17, 15) is 0 Å². The van der Waals surface area contributed by atoms with Crippen LogP contribution in [0.3, 0.4) is 0 Å². The molecule has 1 N–H and O–H groups in total. The van der Waals surface area contributed by atoms with Crippen LogP contribution in [0.4, 0.5) is 5.82 Å². The van der Waals surface area contributed by atoms with E-state index in [1.165, 1.54) is 5.56 Å². The Labute approximate surface area is 136 Å². The van der Waals surface area contributed by atoms with Crippen LogP contribution in [-0.2, 0) is 6.42 Å². The molecule has 106 valence electrons. The van der Waals surface area contributed by atoms with Crippen molar-refractivity contribution in [2.45, 2.75) is 26.2 Å². The van der Waals surface area contributed by atoms with E-state index < -0.39 is 0 Å². The van der Waals surface area contributed by atoms with Crippen LogP contribution in [-0.4, -0.2) is 17.0 Å². The van der Waals surface area contributed by atoms with Crippen molar-refractivity contribution < 1.29 is 0 Å². The van der Waals surface area contributed by atoms with Crippen molar-refractivity contribution in [3.8, 4) is 0 Å². The van der Waals surface area contributed by atoms with Gasteiger partial charge in [-0.3, -0.25) is 0 Å². The summed E-state index contributed by atoms with van der Waals surface area (Å²) in [5, 5.41) is 3.12. The Balaban J connectivity index is 2.39. The largest absolute Gasteiger partial charge is 0.372 e. The van der Waals surface area contributed by atoms with E-state index in [4.69, 9.17) is 4.98 Å². The van der Waals surface area contributed by atoms with E-state index in [1.807, 2.05) is 19.2 Å². The van der Waals surface area contributed by atoms with Crippen LogP contribution in [0.1, 0.15) is 36.8 Å². The second kappa shape index (κ2) is 6.68. The summed E-state index contributed by atoms with van der Waals surface area (Å²) in [7, 11) is 1.88. The Morgan fingerprint density at radius 2 is 1.95 bits per heavy atom. The molecule has 0 fully saturated rings. The lowest BCUT2D eigenvalue weighted by molar-refractivity contribution is 0.785. The maximum atomic E-state index is 4.69. The number of nitrogens with zero attached hydrogens (tertiary/aromatic N) is 2. The summed E-state index contributed by atoms with van der Waals surface area (Å²) in [6.07, 6.45) is 0.723. The van der Waals surface area contributed by atoms with Gasteiger partial charge >= 0.3 is 0 Å². The van der Waals surface area contributed by atoms with E-state index in [1.54, 1.807) is 0 Å². The molecule has 0 bridgehead atoms. The molecule has 0 aliphatic heterocycles. The van der Waals surface area contributed by atoms with Gasteiger partial charge in [0, 0.05) is 17.9 Å². The van der Waals surface area contributed by atoms with Gasteiger partial charge in [-0.25, -0.2) is 9.97 Å². The van der Waals surface area contributed by atoms with Gasteiger partial charge in [-0.1, -0.05) is 41.9 Å². The number of hydrogen-bond donors (Lipinski definition) is 1. The number of anilines is 1. The minimum absolute atomic E-state index is 0.348. The second-order valence-electron chi connectivity index (χ2n) is 4.90. The molecule has 0 atom stereocenters. The summed E-state index contributed by atoms with van der Waals surface area (Å²) in [6.45, 7) is 4.27. The molecule has 2 rings (SSSR count). The van der Waals surface area contributed by atoms with E-state index in [-0.39, 0.29) is 0 Å². The molecule has 20 heavy (non-hydrogen) atoms. The molecule has 0 unspecified atom stereocenters. The molecule has 0 aliphatic carbocycles. The van der Waals surface area contributed by atoms with Gasteiger partial charge < -0.3 is 5.32 Å². The Kier molecular flexibility index (Phi) is 5.16. The van der Waals surface area contributed by atoms with Gasteiger partial charge in [0.05, 0.1) is 10.2 Å². The van der Waals surface area contributed by atoms with Gasteiger partial charge in [-0.05, 0) is 39.5 Å². The van der Waals surface area contributed by atoms with Crippen LogP contribution in [0.5, 0.6) is 0 Å². The maximum Gasteiger partial charge on any atom is 0.144 e. The van der Waals surface area contributed by atoms with Crippen molar-refractivity contribution in [2.24, 2.45) is 0 Å². The molecular formula is C15H17Br2N3. The molecule has 0 saturated heterocycles. The first-order valence-corrected chi connectivity index (χ1v) is 8.08. The van der Waals surface area contributed by atoms with Gasteiger partial charge in [-0.15, -0.1) is 0 Å². The van der Waals surface area contributed by atoms with Gasteiger partial charge in [0.1, 0.15) is 11.6 Å². The average molecular weight is 399 g/mol. The molecule has 5 heteroatoms. The first-order chi connectivity index (χ1) is 9.51. The van der Waals surface area contributed by atoms with Crippen molar-refractivity contribution in [2.75, 3.05) is 12.4 Å². The maximum absolute atomic E-state index is 4.69. The Morgan fingerprint density at radius 1 is 1.20 bits per heavy atom. The van der Waals surface area contributed by atoms with Gasteiger partial charge in [0.25, 0.3) is 0 Å². The number of hydrogen-bond acceptors (Lipinski definition) is 3. The minimum atomic E-state index is 0.348. The Morgan fingerprint density at radius 3 is 2.55 bits per heavy atom. The fraction of sp³-hybridized carbons (Fsp3) is 0.333. The Hall–Kier alpha value is -0.940. The van der Waals surface area contributed by atoms with Gasteiger partial charge in [0.15, 0.2) is 0 Å². The van der Waals surface area contributed by atoms with Gasteiger partial charge in [0.2, 0.25) is 0 Å². The third-order valence-electron chi connectivity index (χ3n) is 2.96. The third kappa shape index (κ3) is 3.58. The quantitative estimate of drug-likeness (QED) is 0.806. The monoisotopic (exact) mass is 397 g/mol.